The van der Waals surface area contributed by atoms with Gasteiger partial charge in [-0.05, 0) is 34.9 Å². The minimum atomic E-state index is -0.768. The van der Waals surface area contributed by atoms with Crippen LogP contribution in [0.15, 0.2) is 42.0 Å². The maximum Gasteiger partial charge on any atom is 0.191 e. The van der Waals surface area contributed by atoms with Crippen LogP contribution in [0.3, 0.4) is 0 Å². The van der Waals surface area contributed by atoms with Gasteiger partial charge in [0.05, 0.1) is 0 Å². The first-order chi connectivity index (χ1) is 10.6. The van der Waals surface area contributed by atoms with Crippen molar-refractivity contribution in [2.75, 3.05) is 7.11 Å². The first-order valence-corrected chi connectivity index (χ1v) is 7.56. The van der Waals surface area contributed by atoms with E-state index in [1.165, 1.54) is 7.11 Å². The molecule has 3 nitrogen and oxygen atoms in total. The summed E-state index contributed by atoms with van der Waals surface area (Å²) in [5.74, 6) is -0.160. The first kappa shape index (κ1) is 16.5. The van der Waals surface area contributed by atoms with Crippen LogP contribution in [0.25, 0.3) is 5.57 Å². The standard InChI is InChI=1S/C18H18O3S/c1-12-10-14(11-19)16(18(21-2)17(12)20)15-8-4-3-6-13(15)7-5-9-22/h3-4,6,8-9,11,18H,1,5,7,10H2,2H3. The molecule has 1 aromatic rings. The molecule has 22 heavy (non-hydrogen) atoms. The van der Waals surface area contributed by atoms with Gasteiger partial charge in [0.2, 0.25) is 0 Å². The van der Waals surface area contributed by atoms with Crippen molar-refractivity contribution >= 4 is 35.2 Å². The van der Waals surface area contributed by atoms with E-state index >= 15 is 0 Å². The van der Waals surface area contributed by atoms with Crippen molar-refractivity contribution in [2.24, 2.45) is 0 Å². The number of carbonyl (C=O) groups excluding carboxylic acids is 2. The van der Waals surface area contributed by atoms with Crippen LogP contribution < -0.4 is 0 Å². The van der Waals surface area contributed by atoms with Crippen LogP contribution in [0.2, 0.25) is 0 Å². The van der Waals surface area contributed by atoms with Crippen molar-refractivity contribution in [1.82, 2.24) is 0 Å². The van der Waals surface area contributed by atoms with E-state index < -0.39 is 6.10 Å². The topological polar surface area (TPSA) is 43.4 Å². The number of rotatable bonds is 6. The lowest BCUT2D eigenvalue weighted by molar-refractivity contribution is -0.122. The molecular formula is C18H18O3S. The Kier molecular flexibility index (Phi) is 5.52. The summed E-state index contributed by atoms with van der Waals surface area (Å²) >= 11 is 4.89. The number of Topliss-reactive ketones (excluding diaryl/α,β-unsaturated/α-hetero) is 1. The molecule has 0 saturated carbocycles. The molecule has 0 amide bonds. The van der Waals surface area contributed by atoms with E-state index in [2.05, 4.69) is 6.58 Å². The third kappa shape index (κ3) is 3.13. The average molecular weight is 314 g/mol. The largest absolute Gasteiger partial charge is 0.369 e. The summed E-state index contributed by atoms with van der Waals surface area (Å²) < 4.78 is 5.38. The molecule has 1 aliphatic carbocycles. The molecule has 0 aromatic heterocycles. The first-order valence-electron chi connectivity index (χ1n) is 7.09. The monoisotopic (exact) mass is 314 g/mol. The van der Waals surface area contributed by atoms with Crippen LogP contribution in [-0.4, -0.2) is 30.7 Å². The Morgan fingerprint density at radius 1 is 1.41 bits per heavy atom. The number of thiocarbonyl (C=S) groups is 1. The smallest absolute Gasteiger partial charge is 0.191 e. The van der Waals surface area contributed by atoms with E-state index in [1.807, 2.05) is 24.3 Å². The van der Waals surface area contributed by atoms with Gasteiger partial charge in [0.1, 0.15) is 12.4 Å². The fourth-order valence-corrected chi connectivity index (χ4v) is 2.87. The van der Waals surface area contributed by atoms with Gasteiger partial charge in [-0.2, -0.15) is 0 Å². The Hall–Kier alpha value is -1.91. The molecule has 0 N–H and O–H groups in total. The maximum atomic E-state index is 12.3. The number of methoxy groups -OCH3 is 1. The Morgan fingerprint density at radius 3 is 2.77 bits per heavy atom. The van der Waals surface area contributed by atoms with Crippen molar-refractivity contribution in [3.63, 3.8) is 0 Å². The molecule has 0 bridgehead atoms. The normalized spacial score (nSPS) is 18.5. The number of carbonyl (C=O) groups is 2. The van der Waals surface area contributed by atoms with E-state index in [9.17, 15) is 9.59 Å². The SMILES string of the molecule is C=C1CC(C=O)=C(c2ccccc2CCC=S)C(OC)C1=O. The Balaban J connectivity index is 2.60. The molecular weight excluding hydrogens is 296 g/mol. The van der Waals surface area contributed by atoms with Crippen LogP contribution in [0.1, 0.15) is 24.0 Å². The quantitative estimate of drug-likeness (QED) is 0.460. The second kappa shape index (κ2) is 7.38. The lowest BCUT2D eigenvalue weighted by Crippen LogP contribution is -2.31. The number of allylic oxidation sites excluding steroid dienone is 1. The zero-order valence-electron chi connectivity index (χ0n) is 12.5. The van der Waals surface area contributed by atoms with Crippen molar-refractivity contribution in [2.45, 2.75) is 25.4 Å². The summed E-state index contributed by atoms with van der Waals surface area (Å²) in [7, 11) is 1.48. The molecule has 0 radical (unpaired) electrons. The van der Waals surface area contributed by atoms with Gasteiger partial charge >= 0.3 is 0 Å². The molecule has 0 saturated heterocycles. The molecule has 0 aliphatic heterocycles. The summed E-state index contributed by atoms with van der Waals surface area (Å²) in [5.41, 5.74) is 3.57. The molecule has 1 unspecified atom stereocenters. The molecule has 0 spiro atoms. The van der Waals surface area contributed by atoms with Crippen LogP contribution in [-0.2, 0) is 20.7 Å². The highest BCUT2D eigenvalue weighted by Gasteiger charge is 2.33. The number of benzene rings is 1. The van der Waals surface area contributed by atoms with Gasteiger partial charge in [-0.25, -0.2) is 0 Å². The fourth-order valence-electron chi connectivity index (χ4n) is 2.76. The lowest BCUT2D eigenvalue weighted by atomic mass is 9.80. The molecule has 1 atom stereocenters. The zero-order valence-corrected chi connectivity index (χ0v) is 13.3. The molecule has 1 aromatic carbocycles. The van der Waals surface area contributed by atoms with Gasteiger partial charge in [0.15, 0.2) is 5.78 Å². The van der Waals surface area contributed by atoms with E-state index in [1.54, 1.807) is 5.37 Å². The minimum Gasteiger partial charge on any atom is -0.369 e. The molecule has 114 valence electrons. The highest BCUT2D eigenvalue weighted by molar-refractivity contribution is 7.78. The van der Waals surface area contributed by atoms with E-state index in [4.69, 9.17) is 17.0 Å². The number of hydrogen-bond acceptors (Lipinski definition) is 4. The van der Waals surface area contributed by atoms with Gasteiger partial charge in [0.25, 0.3) is 0 Å². The van der Waals surface area contributed by atoms with Crippen LogP contribution in [0, 0.1) is 0 Å². The van der Waals surface area contributed by atoms with Gasteiger partial charge < -0.3 is 4.74 Å². The third-order valence-corrected chi connectivity index (χ3v) is 4.05. The maximum absolute atomic E-state index is 12.3. The number of hydrogen-bond donors (Lipinski definition) is 0. The minimum absolute atomic E-state index is 0.160. The average Bonchev–Trinajstić information content (AvgIpc) is 2.55. The van der Waals surface area contributed by atoms with Crippen LogP contribution in [0.4, 0.5) is 0 Å². The van der Waals surface area contributed by atoms with Crippen molar-refractivity contribution in [3.05, 3.63) is 53.1 Å². The Labute approximate surface area is 135 Å². The number of aryl methyl sites for hydroxylation is 1. The molecule has 4 heteroatoms. The highest BCUT2D eigenvalue weighted by atomic mass is 32.1. The summed E-state index contributed by atoms with van der Waals surface area (Å²) in [6, 6.07) is 7.75. The highest BCUT2D eigenvalue weighted by Crippen LogP contribution is 2.35. The second-order valence-corrected chi connectivity index (χ2v) is 5.51. The van der Waals surface area contributed by atoms with Crippen molar-refractivity contribution < 1.29 is 14.3 Å². The van der Waals surface area contributed by atoms with Crippen molar-refractivity contribution in [1.29, 1.82) is 0 Å². The molecule has 0 fully saturated rings. The predicted octanol–water partition coefficient (Wildman–Crippen LogP) is 3.12. The third-order valence-electron chi connectivity index (χ3n) is 3.82. The summed E-state index contributed by atoms with van der Waals surface area (Å²) in [4.78, 5) is 23.8. The van der Waals surface area contributed by atoms with Gasteiger partial charge in [-0.15, -0.1) is 0 Å². The molecule has 0 heterocycles. The summed E-state index contributed by atoms with van der Waals surface area (Å²) in [5, 5.41) is 1.69. The molecule has 2 rings (SSSR count). The Bertz CT molecular complexity index is 658. The van der Waals surface area contributed by atoms with Gasteiger partial charge in [-0.3, -0.25) is 9.59 Å². The number of ether oxygens (including phenoxy) is 1. The summed E-state index contributed by atoms with van der Waals surface area (Å²) in [6.07, 6.45) is 1.83. The van der Waals surface area contributed by atoms with Crippen molar-refractivity contribution in [3.8, 4) is 0 Å². The Morgan fingerprint density at radius 2 is 2.14 bits per heavy atom. The van der Waals surface area contributed by atoms with E-state index in [-0.39, 0.29) is 12.2 Å². The number of aldehydes is 1. The zero-order chi connectivity index (χ0) is 16.1. The molecule has 1 aliphatic rings. The second-order valence-electron chi connectivity index (χ2n) is 5.18. The predicted molar refractivity (Wildman–Crippen MR) is 91.0 cm³/mol. The fraction of sp³-hybridized carbons (Fsp3) is 0.278. The van der Waals surface area contributed by atoms with Gasteiger partial charge in [0, 0.05) is 24.7 Å². The van der Waals surface area contributed by atoms with E-state index in [0.717, 1.165) is 30.3 Å². The number of ketones is 1. The van der Waals surface area contributed by atoms with Crippen LogP contribution in [0.5, 0.6) is 0 Å². The summed E-state index contributed by atoms with van der Waals surface area (Å²) in [6.45, 7) is 3.75. The van der Waals surface area contributed by atoms with Gasteiger partial charge in [-0.1, -0.05) is 43.1 Å². The lowest BCUT2D eigenvalue weighted by Gasteiger charge is -2.27. The van der Waals surface area contributed by atoms with Crippen LogP contribution >= 0.6 is 12.2 Å². The van der Waals surface area contributed by atoms with E-state index in [0.29, 0.717) is 16.7 Å².